The molecule has 19 heavy (non-hydrogen) atoms. The van der Waals surface area contributed by atoms with Gasteiger partial charge >= 0.3 is 0 Å². The summed E-state index contributed by atoms with van der Waals surface area (Å²) in [5.74, 6) is 0. The third-order valence-corrected chi connectivity index (χ3v) is 5.18. The Kier molecular flexibility index (Phi) is 5.42. The maximum absolute atomic E-state index is 3.61. The molecule has 0 spiro atoms. The first-order valence-corrected chi connectivity index (χ1v) is 8.59. The number of thiophene rings is 1. The molecular formula is C16H20INS. The minimum atomic E-state index is 0.422. The van der Waals surface area contributed by atoms with E-state index in [1.165, 1.54) is 25.1 Å². The molecule has 0 saturated carbocycles. The molecule has 1 N–H and O–H groups in total. The van der Waals surface area contributed by atoms with E-state index < -0.39 is 0 Å². The summed E-state index contributed by atoms with van der Waals surface area (Å²) in [7, 11) is 0. The normalized spacial score (nSPS) is 12.6. The summed E-state index contributed by atoms with van der Waals surface area (Å²) < 4.78 is 1.36. The standard InChI is InChI=1S/C16H20INS/c1-4-18-15(14-9-16(17)19-10-14)8-13-7-11(2)5-6-12(13)3/h5-7,9-10,15,18H,4,8H2,1-3H3. The van der Waals surface area contributed by atoms with E-state index in [0.717, 1.165) is 13.0 Å². The van der Waals surface area contributed by atoms with Crippen molar-refractivity contribution in [3.8, 4) is 0 Å². The van der Waals surface area contributed by atoms with Crippen LogP contribution in [0, 0.1) is 16.7 Å². The summed E-state index contributed by atoms with van der Waals surface area (Å²) in [6.07, 6.45) is 1.06. The van der Waals surface area contributed by atoms with Gasteiger partial charge in [0.2, 0.25) is 0 Å². The van der Waals surface area contributed by atoms with Gasteiger partial charge in [-0.2, -0.15) is 0 Å². The van der Waals surface area contributed by atoms with E-state index in [1.54, 1.807) is 0 Å². The number of likely N-dealkylation sites (N-methyl/N-ethyl adjacent to an activating group) is 1. The molecule has 3 heteroatoms. The van der Waals surface area contributed by atoms with Crippen LogP contribution < -0.4 is 5.32 Å². The molecule has 1 aromatic carbocycles. The zero-order valence-electron chi connectivity index (χ0n) is 11.7. The monoisotopic (exact) mass is 385 g/mol. The van der Waals surface area contributed by atoms with Crippen LogP contribution >= 0.6 is 33.9 Å². The first-order valence-electron chi connectivity index (χ1n) is 6.63. The molecule has 0 fully saturated rings. The highest BCUT2D eigenvalue weighted by atomic mass is 127. The molecule has 2 aromatic rings. The third kappa shape index (κ3) is 4.04. The molecular weight excluding hydrogens is 365 g/mol. The summed E-state index contributed by atoms with van der Waals surface area (Å²) in [6, 6.07) is 9.45. The predicted octanol–water partition coefficient (Wildman–Crippen LogP) is 4.86. The van der Waals surface area contributed by atoms with Gasteiger partial charge in [-0.3, -0.25) is 0 Å². The predicted molar refractivity (Wildman–Crippen MR) is 93.1 cm³/mol. The summed E-state index contributed by atoms with van der Waals surface area (Å²) in [4.78, 5) is 0. The van der Waals surface area contributed by atoms with Gasteiger partial charge in [0.1, 0.15) is 0 Å². The van der Waals surface area contributed by atoms with Crippen LogP contribution in [0.1, 0.15) is 35.2 Å². The summed E-state index contributed by atoms with van der Waals surface area (Å²) in [5, 5.41) is 5.89. The zero-order chi connectivity index (χ0) is 13.8. The van der Waals surface area contributed by atoms with Crippen molar-refractivity contribution < 1.29 is 0 Å². The van der Waals surface area contributed by atoms with E-state index >= 15 is 0 Å². The van der Waals surface area contributed by atoms with Crippen LogP contribution in [0.4, 0.5) is 0 Å². The quantitative estimate of drug-likeness (QED) is 0.725. The first-order chi connectivity index (χ1) is 9.10. The number of benzene rings is 1. The van der Waals surface area contributed by atoms with E-state index in [4.69, 9.17) is 0 Å². The fourth-order valence-corrected chi connectivity index (χ4v) is 3.73. The fraction of sp³-hybridized carbons (Fsp3) is 0.375. The van der Waals surface area contributed by atoms with Gasteiger partial charge in [-0.25, -0.2) is 0 Å². The summed E-state index contributed by atoms with van der Waals surface area (Å²) in [5.41, 5.74) is 5.60. The van der Waals surface area contributed by atoms with Crippen molar-refractivity contribution >= 4 is 33.9 Å². The molecule has 0 radical (unpaired) electrons. The molecule has 102 valence electrons. The van der Waals surface area contributed by atoms with Crippen molar-refractivity contribution in [3.63, 3.8) is 0 Å². The van der Waals surface area contributed by atoms with Gasteiger partial charge < -0.3 is 5.32 Å². The molecule has 2 rings (SSSR count). The van der Waals surface area contributed by atoms with Crippen molar-refractivity contribution in [2.24, 2.45) is 0 Å². The number of halogens is 1. The van der Waals surface area contributed by atoms with Gasteiger partial charge in [-0.15, -0.1) is 11.3 Å². The van der Waals surface area contributed by atoms with Crippen molar-refractivity contribution in [1.82, 2.24) is 5.32 Å². The fourth-order valence-electron chi connectivity index (χ4n) is 2.30. The van der Waals surface area contributed by atoms with Gasteiger partial charge in [-0.05, 0) is 77.5 Å². The molecule has 0 bridgehead atoms. The number of hydrogen-bond donors (Lipinski definition) is 1. The number of aryl methyl sites for hydroxylation is 2. The molecule has 0 aliphatic carbocycles. The van der Waals surface area contributed by atoms with Gasteiger partial charge in [0.15, 0.2) is 0 Å². The van der Waals surface area contributed by atoms with Gasteiger partial charge in [0, 0.05) is 6.04 Å². The molecule has 1 unspecified atom stereocenters. The Morgan fingerprint density at radius 1 is 1.26 bits per heavy atom. The van der Waals surface area contributed by atoms with Crippen LogP contribution in [0.3, 0.4) is 0 Å². The lowest BCUT2D eigenvalue weighted by molar-refractivity contribution is 0.550. The molecule has 1 aromatic heterocycles. The Hall–Kier alpha value is -0.390. The second-order valence-corrected chi connectivity index (χ2v) is 7.73. The molecule has 0 aliphatic rings. The minimum Gasteiger partial charge on any atom is -0.310 e. The minimum absolute atomic E-state index is 0.422. The van der Waals surface area contributed by atoms with Crippen molar-refractivity contribution in [2.45, 2.75) is 33.2 Å². The van der Waals surface area contributed by atoms with E-state index in [2.05, 4.69) is 78.3 Å². The van der Waals surface area contributed by atoms with Crippen LogP contribution in [0.25, 0.3) is 0 Å². The van der Waals surface area contributed by atoms with Crippen LogP contribution in [-0.2, 0) is 6.42 Å². The number of rotatable bonds is 5. The van der Waals surface area contributed by atoms with Crippen molar-refractivity contribution in [2.75, 3.05) is 6.54 Å². The number of hydrogen-bond acceptors (Lipinski definition) is 2. The third-order valence-electron chi connectivity index (χ3n) is 3.37. The van der Waals surface area contributed by atoms with E-state index in [1.807, 2.05) is 11.3 Å². The van der Waals surface area contributed by atoms with Gasteiger partial charge in [0.05, 0.1) is 2.88 Å². The highest BCUT2D eigenvalue weighted by Gasteiger charge is 2.14. The van der Waals surface area contributed by atoms with Crippen LogP contribution in [0.15, 0.2) is 29.6 Å². The summed E-state index contributed by atoms with van der Waals surface area (Å²) >= 11 is 4.22. The Labute approximate surface area is 133 Å². The van der Waals surface area contributed by atoms with Crippen molar-refractivity contribution in [3.05, 3.63) is 54.8 Å². The van der Waals surface area contributed by atoms with E-state index in [9.17, 15) is 0 Å². The van der Waals surface area contributed by atoms with E-state index in [0.29, 0.717) is 6.04 Å². The van der Waals surface area contributed by atoms with E-state index in [-0.39, 0.29) is 0 Å². The second-order valence-electron chi connectivity index (χ2n) is 4.93. The van der Waals surface area contributed by atoms with Crippen LogP contribution in [-0.4, -0.2) is 6.54 Å². The molecule has 1 heterocycles. The van der Waals surface area contributed by atoms with Gasteiger partial charge in [-0.1, -0.05) is 30.7 Å². The van der Waals surface area contributed by atoms with Crippen molar-refractivity contribution in [1.29, 1.82) is 0 Å². The Morgan fingerprint density at radius 2 is 2.05 bits per heavy atom. The zero-order valence-corrected chi connectivity index (χ0v) is 14.6. The lowest BCUT2D eigenvalue weighted by Crippen LogP contribution is -2.22. The second kappa shape index (κ2) is 6.86. The Bertz CT molecular complexity index is 547. The molecule has 0 saturated heterocycles. The lowest BCUT2D eigenvalue weighted by Gasteiger charge is -2.18. The first kappa shape index (κ1) is 15.0. The van der Waals surface area contributed by atoms with Gasteiger partial charge in [0.25, 0.3) is 0 Å². The molecule has 1 nitrogen and oxygen atoms in total. The highest BCUT2D eigenvalue weighted by Crippen LogP contribution is 2.26. The highest BCUT2D eigenvalue weighted by molar-refractivity contribution is 14.1. The maximum Gasteiger partial charge on any atom is 0.0656 e. The summed E-state index contributed by atoms with van der Waals surface area (Å²) in [6.45, 7) is 7.54. The molecule has 0 aliphatic heterocycles. The van der Waals surface area contributed by atoms with Crippen LogP contribution in [0.5, 0.6) is 0 Å². The molecule has 1 atom stereocenters. The average molecular weight is 385 g/mol. The lowest BCUT2D eigenvalue weighted by atomic mass is 9.96. The number of nitrogens with one attached hydrogen (secondary N) is 1. The smallest absolute Gasteiger partial charge is 0.0656 e. The Balaban J connectivity index is 2.23. The SMILES string of the molecule is CCNC(Cc1cc(C)ccc1C)c1csc(I)c1. The topological polar surface area (TPSA) is 12.0 Å². The Morgan fingerprint density at radius 3 is 2.68 bits per heavy atom. The maximum atomic E-state index is 3.61. The average Bonchev–Trinajstić information content (AvgIpc) is 2.80. The molecule has 0 amide bonds. The van der Waals surface area contributed by atoms with Crippen LogP contribution in [0.2, 0.25) is 0 Å². The largest absolute Gasteiger partial charge is 0.310 e.